The summed E-state index contributed by atoms with van der Waals surface area (Å²) in [6, 6.07) is 11.9. The first-order valence-electron chi connectivity index (χ1n) is 7.97. The summed E-state index contributed by atoms with van der Waals surface area (Å²) in [5.74, 6) is 1.85. The van der Waals surface area contributed by atoms with Crippen molar-refractivity contribution in [3.05, 3.63) is 47.7 Å². The summed E-state index contributed by atoms with van der Waals surface area (Å²) < 4.78 is 11.2. The lowest BCUT2D eigenvalue weighted by atomic mass is 10.1. The second-order valence-electron chi connectivity index (χ2n) is 5.40. The first-order valence-corrected chi connectivity index (χ1v) is 7.97. The molecule has 0 spiro atoms. The van der Waals surface area contributed by atoms with Crippen molar-refractivity contribution in [2.75, 3.05) is 19.8 Å². The SMILES string of the molecule is CCOCCC[NH2+]Cc1ccc(-c2ccc([C@H](C)O)cc2)o1. The van der Waals surface area contributed by atoms with Gasteiger partial charge in [0.05, 0.1) is 19.3 Å². The summed E-state index contributed by atoms with van der Waals surface area (Å²) >= 11 is 0. The van der Waals surface area contributed by atoms with E-state index in [1.807, 2.05) is 43.3 Å². The highest BCUT2D eigenvalue weighted by Gasteiger charge is 2.07. The molecule has 4 nitrogen and oxygen atoms in total. The van der Waals surface area contributed by atoms with Gasteiger partial charge in [0.1, 0.15) is 12.3 Å². The van der Waals surface area contributed by atoms with E-state index in [-0.39, 0.29) is 0 Å². The van der Waals surface area contributed by atoms with Gasteiger partial charge in [-0.3, -0.25) is 0 Å². The summed E-state index contributed by atoms with van der Waals surface area (Å²) in [5, 5.41) is 11.8. The molecule has 0 unspecified atom stereocenters. The molecule has 0 amide bonds. The van der Waals surface area contributed by atoms with Crippen LogP contribution in [0.25, 0.3) is 11.3 Å². The van der Waals surface area contributed by atoms with Crippen molar-refractivity contribution in [2.45, 2.75) is 32.9 Å². The van der Waals surface area contributed by atoms with Gasteiger partial charge < -0.3 is 19.6 Å². The average molecular weight is 304 g/mol. The molecule has 3 N–H and O–H groups in total. The van der Waals surface area contributed by atoms with E-state index in [0.29, 0.717) is 0 Å². The molecule has 2 rings (SSSR count). The molecule has 0 bridgehead atoms. The van der Waals surface area contributed by atoms with Crippen LogP contribution >= 0.6 is 0 Å². The van der Waals surface area contributed by atoms with Crippen molar-refractivity contribution in [3.63, 3.8) is 0 Å². The van der Waals surface area contributed by atoms with Crippen LogP contribution in [-0.4, -0.2) is 24.9 Å². The van der Waals surface area contributed by atoms with Crippen LogP contribution in [0.5, 0.6) is 0 Å². The van der Waals surface area contributed by atoms with Crippen molar-refractivity contribution in [1.82, 2.24) is 0 Å². The fraction of sp³-hybridized carbons (Fsp3) is 0.444. The Bertz CT molecular complexity index is 546. The molecule has 120 valence electrons. The standard InChI is InChI=1S/C18H25NO3/c1-3-21-12-4-11-19-13-17-9-10-18(22-17)16-7-5-15(6-8-16)14(2)20/h5-10,14,19-20H,3-4,11-13H2,1-2H3/p+1/t14-/m0/s1. The molecule has 1 atom stereocenters. The molecule has 1 aromatic heterocycles. The third-order valence-electron chi connectivity index (χ3n) is 3.59. The first kappa shape index (κ1) is 16.7. The van der Waals surface area contributed by atoms with E-state index in [1.54, 1.807) is 6.92 Å². The van der Waals surface area contributed by atoms with E-state index in [0.717, 1.165) is 55.4 Å². The van der Waals surface area contributed by atoms with Crippen molar-refractivity contribution < 1.29 is 19.6 Å². The molecule has 22 heavy (non-hydrogen) atoms. The molecule has 0 aliphatic rings. The van der Waals surface area contributed by atoms with Gasteiger partial charge in [-0.2, -0.15) is 0 Å². The normalized spacial score (nSPS) is 12.5. The number of benzene rings is 1. The summed E-state index contributed by atoms with van der Waals surface area (Å²) in [4.78, 5) is 0. The number of hydrogen-bond acceptors (Lipinski definition) is 3. The number of aliphatic hydroxyl groups excluding tert-OH is 1. The number of ether oxygens (including phenoxy) is 1. The predicted octanol–water partition coefficient (Wildman–Crippen LogP) is 2.49. The Morgan fingerprint density at radius 1 is 1.18 bits per heavy atom. The Balaban J connectivity index is 1.83. The topological polar surface area (TPSA) is 59.2 Å². The molecule has 0 aliphatic heterocycles. The van der Waals surface area contributed by atoms with Gasteiger partial charge in [0.2, 0.25) is 0 Å². The molecule has 0 fully saturated rings. The van der Waals surface area contributed by atoms with Crippen LogP contribution in [0, 0.1) is 0 Å². The Hall–Kier alpha value is -1.62. The highest BCUT2D eigenvalue weighted by molar-refractivity contribution is 5.58. The lowest BCUT2D eigenvalue weighted by Gasteiger charge is -2.05. The molecule has 0 saturated heterocycles. The van der Waals surface area contributed by atoms with Crippen molar-refractivity contribution in [3.8, 4) is 11.3 Å². The zero-order valence-corrected chi connectivity index (χ0v) is 13.4. The Morgan fingerprint density at radius 2 is 1.95 bits per heavy atom. The monoisotopic (exact) mass is 304 g/mol. The maximum atomic E-state index is 9.53. The van der Waals surface area contributed by atoms with Gasteiger partial charge in [-0.15, -0.1) is 0 Å². The highest BCUT2D eigenvalue weighted by atomic mass is 16.5. The fourth-order valence-electron chi connectivity index (χ4n) is 2.29. The number of furan rings is 1. The van der Waals surface area contributed by atoms with Crippen molar-refractivity contribution in [1.29, 1.82) is 0 Å². The predicted molar refractivity (Wildman–Crippen MR) is 86.4 cm³/mol. The minimum Gasteiger partial charge on any atom is -0.455 e. The second kappa shape index (κ2) is 8.73. The molecule has 1 heterocycles. The molecule has 1 aromatic carbocycles. The van der Waals surface area contributed by atoms with Crippen LogP contribution in [0.2, 0.25) is 0 Å². The lowest BCUT2D eigenvalue weighted by Crippen LogP contribution is -2.82. The third kappa shape index (κ3) is 4.98. The van der Waals surface area contributed by atoms with E-state index < -0.39 is 6.10 Å². The number of rotatable bonds is 9. The van der Waals surface area contributed by atoms with Gasteiger partial charge in [-0.05, 0) is 31.5 Å². The van der Waals surface area contributed by atoms with E-state index in [1.165, 1.54) is 0 Å². The molecule has 2 aromatic rings. The van der Waals surface area contributed by atoms with Gasteiger partial charge >= 0.3 is 0 Å². The Kier molecular flexibility index (Phi) is 6.65. The Labute approximate surface area is 132 Å². The lowest BCUT2D eigenvalue weighted by molar-refractivity contribution is -0.672. The fourth-order valence-corrected chi connectivity index (χ4v) is 2.29. The van der Waals surface area contributed by atoms with Crippen molar-refractivity contribution >= 4 is 0 Å². The van der Waals surface area contributed by atoms with E-state index >= 15 is 0 Å². The number of hydrogen-bond donors (Lipinski definition) is 2. The van der Waals surface area contributed by atoms with Crippen LogP contribution in [-0.2, 0) is 11.3 Å². The largest absolute Gasteiger partial charge is 0.455 e. The molecule has 4 heteroatoms. The maximum Gasteiger partial charge on any atom is 0.158 e. The number of quaternary nitrogens is 1. The number of aliphatic hydroxyl groups is 1. The van der Waals surface area contributed by atoms with Gasteiger partial charge in [0, 0.05) is 18.6 Å². The van der Waals surface area contributed by atoms with Crippen molar-refractivity contribution in [2.24, 2.45) is 0 Å². The minimum absolute atomic E-state index is 0.438. The van der Waals surface area contributed by atoms with Gasteiger partial charge in [0.25, 0.3) is 0 Å². The van der Waals surface area contributed by atoms with Gasteiger partial charge in [-0.1, -0.05) is 24.3 Å². The van der Waals surface area contributed by atoms with Crippen LogP contribution in [0.4, 0.5) is 0 Å². The van der Waals surface area contributed by atoms with Gasteiger partial charge in [0.15, 0.2) is 5.76 Å². The quantitative estimate of drug-likeness (QED) is 0.700. The zero-order chi connectivity index (χ0) is 15.8. The Morgan fingerprint density at radius 3 is 2.64 bits per heavy atom. The zero-order valence-electron chi connectivity index (χ0n) is 13.4. The minimum atomic E-state index is -0.438. The summed E-state index contributed by atoms with van der Waals surface area (Å²) in [6.07, 6.45) is 0.620. The van der Waals surface area contributed by atoms with Crippen LogP contribution < -0.4 is 5.32 Å². The van der Waals surface area contributed by atoms with Crippen LogP contribution in [0.3, 0.4) is 0 Å². The smallest absolute Gasteiger partial charge is 0.158 e. The summed E-state index contributed by atoms with van der Waals surface area (Å²) in [5.41, 5.74) is 1.95. The second-order valence-corrected chi connectivity index (χ2v) is 5.40. The average Bonchev–Trinajstić information content (AvgIpc) is 3.00. The molecular formula is C18H26NO3+. The van der Waals surface area contributed by atoms with Gasteiger partial charge in [-0.25, -0.2) is 0 Å². The molecule has 0 radical (unpaired) electrons. The van der Waals surface area contributed by atoms with Crippen LogP contribution in [0.1, 0.15) is 37.7 Å². The summed E-state index contributed by atoms with van der Waals surface area (Å²) in [6.45, 7) is 7.28. The van der Waals surface area contributed by atoms with Crippen LogP contribution in [0.15, 0.2) is 40.8 Å². The third-order valence-corrected chi connectivity index (χ3v) is 3.59. The van der Waals surface area contributed by atoms with E-state index in [4.69, 9.17) is 9.15 Å². The van der Waals surface area contributed by atoms with E-state index in [9.17, 15) is 5.11 Å². The number of nitrogens with two attached hydrogens (primary N) is 1. The highest BCUT2D eigenvalue weighted by Crippen LogP contribution is 2.23. The first-order chi connectivity index (χ1) is 10.7. The molecule has 0 saturated carbocycles. The molecular weight excluding hydrogens is 278 g/mol. The van der Waals surface area contributed by atoms with E-state index in [2.05, 4.69) is 5.32 Å². The summed E-state index contributed by atoms with van der Waals surface area (Å²) in [7, 11) is 0. The molecule has 0 aliphatic carbocycles. The maximum absolute atomic E-state index is 9.53.